The molecule has 24 heavy (non-hydrogen) atoms. The first-order valence-corrected chi connectivity index (χ1v) is 10.2. The second kappa shape index (κ2) is 8.12. The van der Waals surface area contributed by atoms with Gasteiger partial charge >= 0.3 is 6.03 Å². The minimum atomic E-state index is -0.920. The van der Waals surface area contributed by atoms with Gasteiger partial charge in [0.2, 0.25) is 0 Å². The van der Waals surface area contributed by atoms with Crippen molar-refractivity contribution in [1.29, 1.82) is 0 Å². The number of rotatable bonds is 6. The molecule has 2 fully saturated rings. The van der Waals surface area contributed by atoms with Crippen LogP contribution in [0.1, 0.15) is 19.8 Å². The van der Waals surface area contributed by atoms with E-state index in [2.05, 4.69) is 9.80 Å². The fourth-order valence-electron chi connectivity index (χ4n) is 3.59. The summed E-state index contributed by atoms with van der Waals surface area (Å²) in [6, 6.07) is 10.3. The summed E-state index contributed by atoms with van der Waals surface area (Å²) in [5.74, 6) is 0.681. The van der Waals surface area contributed by atoms with E-state index in [1.165, 1.54) is 0 Å². The van der Waals surface area contributed by atoms with Crippen LogP contribution in [0.5, 0.6) is 0 Å². The number of hydrogen-bond acceptors (Lipinski definition) is 3. The molecule has 2 heterocycles. The predicted molar refractivity (Wildman–Crippen MR) is 96.5 cm³/mol. The maximum absolute atomic E-state index is 12.3. The molecule has 2 aliphatic rings. The highest BCUT2D eigenvalue weighted by Crippen LogP contribution is 2.21. The van der Waals surface area contributed by atoms with Crippen molar-refractivity contribution in [2.45, 2.75) is 30.7 Å². The lowest BCUT2D eigenvalue weighted by molar-refractivity contribution is 0.133. The van der Waals surface area contributed by atoms with E-state index in [0.29, 0.717) is 11.8 Å². The number of carbonyl (C=O) groups excluding carboxylic acids is 1. The molecule has 2 amide bonds. The van der Waals surface area contributed by atoms with Gasteiger partial charge in [-0.2, -0.15) is 0 Å². The highest BCUT2D eigenvalue weighted by molar-refractivity contribution is 7.85. The Hall–Kier alpha value is -1.40. The van der Waals surface area contributed by atoms with Crippen molar-refractivity contribution in [1.82, 2.24) is 14.7 Å². The number of piperidine rings is 1. The fourth-order valence-corrected chi connectivity index (χ4v) is 4.71. The first-order chi connectivity index (χ1) is 11.7. The second-order valence-electron chi connectivity index (χ2n) is 6.49. The van der Waals surface area contributed by atoms with E-state index < -0.39 is 10.8 Å². The standard InChI is InChI=1S/C18H27N3O2S/c1-2-20-12-13-21(18(20)22)16-8-10-19(11-9-16)14-15-24(23)17-6-4-3-5-7-17/h3-7,16H,2,8-15H2,1H3/t24-/m0/s1. The van der Waals surface area contributed by atoms with Gasteiger partial charge in [0.05, 0.1) is 10.8 Å². The SMILES string of the molecule is CCN1CCN(C2CCN(CC[S@](=O)c3ccccc3)CC2)C1=O. The quantitative estimate of drug-likeness (QED) is 0.789. The van der Waals surface area contributed by atoms with E-state index in [9.17, 15) is 9.00 Å². The van der Waals surface area contributed by atoms with Crippen molar-refractivity contribution in [3.63, 3.8) is 0 Å². The van der Waals surface area contributed by atoms with E-state index in [1.54, 1.807) is 0 Å². The number of urea groups is 1. The van der Waals surface area contributed by atoms with Crippen molar-refractivity contribution in [3.05, 3.63) is 30.3 Å². The molecule has 0 saturated carbocycles. The molecule has 2 aliphatic heterocycles. The number of likely N-dealkylation sites (tertiary alicyclic amines) is 1. The third kappa shape index (κ3) is 3.98. The van der Waals surface area contributed by atoms with Crippen LogP contribution in [0.25, 0.3) is 0 Å². The Bertz CT molecular complexity index is 573. The summed E-state index contributed by atoms with van der Waals surface area (Å²) < 4.78 is 12.3. The van der Waals surface area contributed by atoms with Crippen LogP contribution in [-0.2, 0) is 10.8 Å². The number of benzene rings is 1. The largest absolute Gasteiger partial charge is 0.323 e. The van der Waals surface area contributed by atoms with Gasteiger partial charge in [-0.1, -0.05) is 18.2 Å². The summed E-state index contributed by atoms with van der Waals surface area (Å²) in [6.07, 6.45) is 2.06. The number of amides is 2. The molecule has 0 aliphatic carbocycles. The first kappa shape index (κ1) is 17.4. The van der Waals surface area contributed by atoms with Crippen LogP contribution in [0.4, 0.5) is 4.79 Å². The van der Waals surface area contributed by atoms with E-state index >= 15 is 0 Å². The van der Waals surface area contributed by atoms with Gasteiger partial charge in [-0.25, -0.2) is 4.79 Å². The zero-order valence-electron chi connectivity index (χ0n) is 14.4. The van der Waals surface area contributed by atoms with Gasteiger partial charge in [-0.05, 0) is 31.9 Å². The molecule has 3 rings (SSSR count). The van der Waals surface area contributed by atoms with Crippen LogP contribution >= 0.6 is 0 Å². The monoisotopic (exact) mass is 349 g/mol. The van der Waals surface area contributed by atoms with Gasteiger partial charge in [0.25, 0.3) is 0 Å². The zero-order chi connectivity index (χ0) is 16.9. The topological polar surface area (TPSA) is 43.9 Å². The maximum atomic E-state index is 12.3. The lowest BCUT2D eigenvalue weighted by atomic mass is 10.0. The van der Waals surface area contributed by atoms with E-state index in [4.69, 9.17) is 0 Å². The third-order valence-electron chi connectivity index (χ3n) is 5.11. The van der Waals surface area contributed by atoms with Crippen molar-refractivity contribution < 1.29 is 9.00 Å². The Morgan fingerprint density at radius 3 is 2.42 bits per heavy atom. The summed E-state index contributed by atoms with van der Waals surface area (Å²) in [5, 5.41) is 0. The number of hydrogen-bond donors (Lipinski definition) is 0. The molecule has 1 atom stereocenters. The highest BCUT2D eigenvalue weighted by Gasteiger charge is 2.34. The van der Waals surface area contributed by atoms with E-state index in [1.807, 2.05) is 42.2 Å². The van der Waals surface area contributed by atoms with Gasteiger partial charge in [-0.3, -0.25) is 4.21 Å². The fraction of sp³-hybridized carbons (Fsp3) is 0.611. The number of nitrogens with zero attached hydrogens (tertiary/aromatic N) is 3. The lowest BCUT2D eigenvalue weighted by Crippen LogP contribution is -2.47. The molecule has 0 N–H and O–H groups in total. The maximum Gasteiger partial charge on any atom is 0.320 e. The molecule has 0 radical (unpaired) electrons. The molecular formula is C18H27N3O2S. The van der Waals surface area contributed by atoms with Gasteiger partial charge in [-0.15, -0.1) is 0 Å². The van der Waals surface area contributed by atoms with Crippen molar-refractivity contribution in [2.75, 3.05) is 45.0 Å². The minimum absolute atomic E-state index is 0.209. The molecule has 132 valence electrons. The predicted octanol–water partition coefficient (Wildman–Crippen LogP) is 2.02. The Balaban J connectivity index is 1.43. The molecular weight excluding hydrogens is 322 g/mol. The first-order valence-electron chi connectivity index (χ1n) is 8.90. The van der Waals surface area contributed by atoms with Crippen molar-refractivity contribution in [3.8, 4) is 0 Å². The van der Waals surface area contributed by atoms with E-state index in [0.717, 1.165) is 57.0 Å². The summed E-state index contributed by atoms with van der Waals surface area (Å²) in [7, 11) is -0.920. The molecule has 1 aromatic rings. The Morgan fingerprint density at radius 2 is 1.79 bits per heavy atom. The number of carbonyl (C=O) groups is 1. The van der Waals surface area contributed by atoms with Crippen molar-refractivity contribution in [2.24, 2.45) is 0 Å². The molecule has 1 aromatic carbocycles. The minimum Gasteiger partial charge on any atom is -0.323 e. The molecule has 6 heteroatoms. The third-order valence-corrected chi connectivity index (χ3v) is 6.46. The van der Waals surface area contributed by atoms with Crippen LogP contribution in [-0.4, -0.2) is 76.0 Å². The van der Waals surface area contributed by atoms with Crippen LogP contribution in [0.15, 0.2) is 35.2 Å². The summed E-state index contributed by atoms with van der Waals surface area (Å²) >= 11 is 0. The van der Waals surface area contributed by atoms with Crippen LogP contribution < -0.4 is 0 Å². The van der Waals surface area contributed by atoms with Crippen LogP contribution in [0.3, 0.4) is 0 Å². The Kier molecular flexibility index (Phi) is 5.89. The average molecular weight is 350 g/mol. The van der Waals surface area contributed by atoms with Gasteiger partial charge < -0.3 is 14.7 Å². The summed E-state index contributed by atoms with van der Waals surface area (Å²) in [5.41, 5.74) is 0. The highest BCUT2D eigenvalue weighted by atomic mass is 32.2. The second-order valence-corrected chi connectivity index (χ2v) is 8.06. The smallest absolute Gasteiger partial charge is 0.320 e. The molecule has 2 saturated heterocycles. The molecule has 5 nitrogen and oxygen atoms in total. The molecule has 0 aromatic heterocycles. The molecule has 0 unspecified atom stereocenters. The molecule has 0 bridgehead atoms. The number of likely N-dealkylation sites (N-methyl/N-ethyl adjacent to an activating group) is 1. The van der Waals surface area contributed by atoms with Gasteiger partial charge in [0.15, 0.2) is 0 Å². The van der Waals surface area contributed by atoms with E-state index in [-0.39, 0.29) is 6.03 Å². The molecule has 0 spiro atoms. The van der Waals surface area contributed by atoms with Crippen LogP contribution in [0.2, 0.25) is 0 Å². The summed E-state index contributed by atoms with van der Waals surface area (Å²) in [4.78, 5) is 19.6. The van der Waals surface area contributed by atoms with Crippen molar-refractivity contribution >= 4 is 16.8 Å². The van der Waals surface area contributed by atoms with Gasteiger partial charge in [0.1, 0.15) is 0 Å². The zero-order valence-corrected chi connectivity index (χ0v) is 15.2. The van der Waals surface area contributed by atoms with Gasteiger partial charge in [0, 0.05) is 56.0 Å². The summed E-state index contributed by atoms with van der Waals surface area (Å²) in [6.45, 7) is 7.43. The lowest BCUT2D eigenvalue weighted by Gasteiger charge is -2.36. The Labute approximate surface area is 147 Å². The normalized spacial score (nSPS) is 21.5. The average Bonchev–Trinajstić information content (AvgIpc) is 3.01. The van der Waals surface area contributed by atoms with Crippen LogP contribution in [0, 0.1) is 0 Å². The Morgan fingerprint density at radius 1 is 1.08 bits per heavy atom.